The van der Waals surface area contributed by atoms with Gasteiger partial charge in [-0.1, -0.05) is 0 Å². The van der Waals surface area contributed by atoms with Crippen LogP contribution in [0.5, 0.6) is 5.75 Å². The third kappa shape index (κ3) is 1.44. The summed E-state index contributed by atoms with van der Waals surface area (Å²) in [5.41, 5.74) is 0.936. The Kier molecular flexibility index (Phi) is 1.80. The second-order valence-corrected chi connectivity index (χ2v) is 5.11. The van der Waals surface area contributed by atoms with E-state index in [4.69, 9.17) is 9.47 Å². The standard InChI is InChI=1S/C13H14N2O2/c1-3-15-4-2-14-12(15)5-11(1)16-9-13-6-10(7-13)8-17-13/h1-5,10H,6-9H2. The van der Waals surface area contributed by atoms with Gasteiger partial charge < -0.3 is 13.9 Å². The first-order chi connectivity index (χ1) is 8.33. The molecule has 0 radical (unpaired) electrons. The smallest absolute Gasteiger partial charge is 0.140 e. The molecule has 0 spiro atoms. The van der Waals surface area contributed by atoms with Gasteiger partial charge in [-0.15, -0.1) is 0 Å². The van der Waals surface area contributed by atoms with Crippen molar-refractivity contribution in [3.8, 4) is 5.75 Å². The second-order valence-electron chi connectivity index (χ2n) is 5.11. The number of nitrogens with zero attached hydrogens (tertiary/aromatic N) is 2. The highest BCUT2D eigenvalue weighted by Crippen LogP contribution is 2.48. The lowest BCUT2D eigenvalue weighted by atomic mass is 9.75. The summed E-state index contributed by atoms with van der Waals surface area (Å²) < 4.78 is 13.6. The van der Waals surface area contributed by atoms with Crippen LogP contribution in [0.1, 0.15) is 12.8 Å². The average molecular weight is 230 g/mol. The van der Waals surface area contributed by atoms with Crippen LogP contribution in [0.3, 0.4) is 0 Å². The zero-order chi connectivity index (χ0) is 11.3. The molecule has 0 unspecified atom stereocenters. The molecular formula is C13H14N2O2. The van der Waals surface area contributed by atoms with Crippen molar-refractivity contribution in [2.75, 3.05) is 13.2 Å². The summed E-state index contributed by atoms with van der Waals surface area (Å²) in [7, 11) is 0. The highest BCUT2D eigenvalue weighted by molar-refractivity contribution is 5.44. The van der Waals surface area contributed by atoms with Gasteiger partial charge in [-0.3, -0.25) is 0 Å². The number of ether oxygens (including phenoxy) is 2. The minimum atomic E-state index is 0.0201. The second kappa shape index (κ2) is 3.23. The van der Waals surface area contributed by atoms with Crippen molar-refractivity contribution < 1.29 is 9.47 Å². The lowest BCUT2D eigenvalue weighted by Crippen LogP contribution is -2.42. The molecule has 1 aliphatic carbocycles. The molecule has 4 heterocycles. The zero-order valence-electron chi connectivity index (χ0n) is 9.50. The Bertz CT molecular complexity index is 552. The summed E-state index contributed by atoms with van der Waals surface area (Å²) in [6.45, 7) is 1.59. The maximum atomic E-state index is 5.83. The first kappa shape index (κ1) is 9.48. The van der Waals surface area contributed by atoms with Crippen LogP contribution in [0, 0.1) is 5.92 Å². The van der Waals surface area contributed by atoms with Crippen molar-refractivity contribution in [2.24, 2.45) is 5.92 Å². The maximum Gasteiger partial charge on any atom is 0.140 e. The molecule has 5 rings (SSSR count). The number of aromatic nitrogens is 2. The number of hydrogen-bond donors (Lipinski definition) is 0. The van der Waals surface area contributed by atoms with Gasteiger partial charge in [0.05, 0.1) is 6.61 Å². The topological polar surface area (TPSA) is 35.8 Å². The Morgan fingerprint density at radius 1 is 1.47 bits per heavy atom. The number of rotatable bonds is 3. The van der Waals surface area contributed by atoms with E-state index >= 15 is 0 Å². The van der Waals surface area contributed by atoms with E-state index in [-0.39, 0.29) is 5.60 Å². The average Bonchev–Trinajstić information content (AvgIpc) is 3.00. The number of imidazole rings is 1. The summed E-state index contributed by atoms with van der Waals surface area (Å²) >= 11 is 0. The van der Waals surface area contributed by atoms with Gasteiger partial charge >= 0.3 is 0 Å². The molecule has 0 atom stereocenters. The van der Waals surface area contributed by atoms with Crippen LogP contribution in [-0.4, -0.2) is 28.2 Å². The lowest BCUT2D eigenvalue weighted by molar-refractivity contribution is -0.0357. The molecule has 2 aromatic rings. The molecule has 0 N–H and O–H groups in total. The summed E-state index contributed by atoms with van der Waals surface area (Å²) in [5, 5.41) is 0. The highest BCUT2D eigenvalue weighted by Gasteiger charge is 2.52. The van der Waals surface area contributed by atoms with Gasteiger partial charge in [0.1, 0.15) is 23.6 Å². The Balaban J connectivity index is 1.51. The van der Waals surface area contributed by atoms with Gasteiger partial charge in [-0.25, -0.2) is 4.98 Å². The summed E-state index contributed by atoms with van der Waals surface area (Å²) in [5.74, 6) is 1.66. The predicted molar refractivity (Wildman–Crippen MR) is 62.1 cm³/mol. The number of pyridine rings is 1. The van der Waals surface area contributed by atoms with E-state index in [0.29, 0.717) is 6.61 Å². The van der Waals surface area contributed by atoms with E-state index in [9.17, 15) is 0 Å². The maximum absolute atomic E-state index is 5.83. The Morgan fingerprint density at radius 3 is 3.24 bits per heavy atom. The van der Waals surface area contributed by atoms with Gasteiger partial charge in [-0.2, -0.15) is 0 Å². The van der Waals surface area contributed by atoms with Crippen molar-refractivity contribution in [3.63, 3.8) is 0 Å². The molecular weight excluding hydrogens is 216 g/mol. The third-order valence-corrected chi connectivity index (χ3v) is 3.82. The van der Waals surface area contributed by atoms with Gasteiger partial charge in [0.25, 0.3) is 0 Å². The van der Waals surface area contributed by atoms with E-state index in [1.54, 1.807) is 6.20 Å². The van der Waals surface area contributed by atoms with E-state index in [2.05, 4.69) is 4.98 Å². The lowest BCUT2D eigenvalue weighted by Gasteiger charge is -2.35. The van der Waals surface area contributed by atoms with Crippen LogP contribution >= 0.6 is 0 Å². The summed E-state index contributed by atoms with van der Waals surface area (Å²) in [4.78, 5) is 4.24. The summed E-state index contributed by atoms with van der Waals surface area (Å²) in [6, 6.07) is 3.93. The molecule has 2 bridgehead atoms. The van der Waals surface area contributed by atoms with Crippen molar-refractivity contribution in [3.05, 3.63) is 30.7 Å². The van der Waals surface area contributed by atoms with Crippen LogP contribution in [0.2, 0.25) is 0 Å². The van der Waals surface area contributed by atoms with Crippen LogP contribution in [0.15, 0.2) is 30.7 Å². The van der Waals surface area contributed by atoms with Crippen LogP contribution in [0.4, 0.5) is 0 Å². The van der Waals surface area contributed by atoms with Gasteiger partial charge in [0, 0.05) is 24.7 Å². The van der Waals surface area contributed by atoms with E-state index in [1.165, 1.54) is 12.8 Å². The van der Waals surface area contributed by atoms with E-state index < -0.39 is 0 Å². The Hall–Kier alpha value is -1.55. The minimum Gasteiger partial charge on any atom is -0.490 e. The molecule has 0 amide bonds. The molecule has 17 heavy (non-hydrogen) atoms. The van der Waals surface area contributed by atoms with Crippen LogP contribution in [-0.2, 0) is 4.74 Å². The monoisotopic (exact) mass is 230 g/mol. The fraction of sp³-hybridized carbons (Fsp3) is 0.462. The first-order valence-electron chi connectivity index (χ1n) is 6.03. The largest absolute Gasteiger partial charge is 0.490 e. The SMILES string of the molecule is c1cn2ccc(OCC34CC(CO3)C4)cc2n1. The highest BCUT2D eigenvalue weighted by atomic mass is 16.6. The molecule has 2 saturated heterocycles. The third-order valence-electron chi connectivity index (χ3n) is 3.82. The zero-order valence-corrected chi connectivity index (χ0v) is 9.50. The van der Waals surface area contributed by atoms with E-state index in [1.807, 2.05) is 28.9 Å². The van der Waals surface area contributed by atoms with Crippen molar-refractivity contribution in [1.29, 1.82) is 0 Å². The van der Waals surface area contributed by atoms with Gasteiger partial charge in [-0.05, 0) is 24.8 Å². The van der Waals surface area contributed by atoms with Crippen molar-refractivity contribution in [1.82, 2.24) is 9.38 Å². The van der Waals surface area contributed by atoms with Crippen LogP contribution < -0.4 is 4.74 Å². The molecule has 4 heteroatoms. The van der Waals surface area contributed by atoms with E-state index in [0.717, 1.165) is 23.9 Å². The predicted octanol–water partition coefficient (Wildman–Crippen LogP) is 1.89. The number of fused-ring (bicyclic) bond motifs is 2. The molecule has 2 aromatic heterocycles. The molecule has 1 saturated carbocycles. The summed E-state index contributed by atoms with van der Waals surface area (Å²) in [6.07, 6.45) is 8.01. The molecule has 88 valence electrons. The number of hydrogen-bond acceptors (Lipinski definition) is 3. The Morgan fingerprint density at radius 2 is 2.41 bits per heavy atom. The quantitative estimate of drug-likeness (QED) is 0.807. The van der Waals surface area contributed by atoms with Crippen molar-refractivity contribution >= 4 is 5.65 Å². The molecule has 0 aromatic carbocycles. The first-order valence-corrected chi connectivity index (χ1v) is 6.03. The fourth-order valence-corrected chi connectivity index (χ4v) is 2.88. The minimum absolute atomic E-state index is 0.0201. The van der Waals surface area contributed by atoms with Gasteiger partial charge in [0.15, 0.2) is 0 Å². The fourth-order valence-electron chi connectivity index (χ4n) is 2.88. The Labute approximate surface area is 99.2 Å². The van der Waals surface area contributed by atoms with Crippen LogP contribution in [0.25, 0.3) is 5.65 Å². The van der Waals surface area contributed by atoms with Crippen molar-refractivity contribution in [2.45, 2.75) is 18.4 Å². The molecule has 3 aliphatic rings. The normalized spacial score (nSPS) is 30.5. The molecule has 3 fully saturated rings. The van der Waals surface area contributed by atoms with Gasteiger partial charge in [0.2, 0.25) is 0 Å². The molecule has 2 aliphatic heterocycles. The molecule has 4 nitrogen and oxygen atoms in total.